The summed E-state index contributed by atoms with van der Waals surface area (Å²) in [4.78, 5) is 12.0. The van der Waals surface area contributed by atoms with E-state index in [0.717, 1.165) is 19.3 Å². The number of hydrogen-bond donors (Lipinski definition) is 3. The number of benzene rings is 1. The maximum Gasteiger partial charge on any atom is 0.255 e. The van der Waals surface area contributed by atoms with Crippen molar-refractivity contribution in [3.8, 4) is 11.5 Å². The third-order valence-corrected chi connectivity index (χ3v) is 3.33. The molecule has 5 heteroatoms. The SMILES string of the molecule is COC1CCCC1NC(=O)c1cccc(O)c1O. The molecule has 1 fully saturated rings. The van der Waals surface area contributed by atoms with Crippen LogP contribution in [0.1, 0.15) is 29.6 Å². The molecule has 5 nitrogen and oxygen atoms in total. The van der Waals surface area contributed by atoms with Crippen molar-refractivity contribution in [3.05, 3.63) is 23.8 Å². The number of methoxy groups -OCH3 is 1. The Bertz CT molecular complexity index is 447. The molecule has 18 heavy (non-hydrogen) atoms. The molecule has 0 radical (unpaired) electrons. The molecule has 1 saturated carbocycles. The number of para-hydroxylation sites is 1. The number of amides is 1. The molecule has 2 rings (SSSR count). The van der Waals surface area contributed by atoms with Crippen molar-refractivity contribution in [2.45, 2.75) is 31.4 Å². The van der Waals surface area contributed by atoms with Gasteiger partial charge in [0, 0.05) is 7.11 Å². The fraction of sp³-hybridized carbons (Fsp3) is 0.462. The highest BCUT2D eigenvalue weighted by Gasteiger charge is 2.29. The molecule has 0 spiro atoms. The Morgan fingerprint density at radius 3 is 2.89 bits per heavy atom. The summed E-state index contributed by atoms with van der Waals surface area (Å²) >= 11 is 0. The van der Waals surface area contributed by atoms with Gasteiger partial charge in [-0.25, -0.2) is 0 Å². The number of carbonyl (C=O) groups excluding carboxylic acids is 1. The second-order valence-electron chi connectivity index (χ2n) is 4.46. The average molecular weight is 251 g/mol. The first kappa shape index (κ1) is 12.7. The molecule has 1 aromatic rings. The van der Waals surface area contributed by atoms with Crippen molar-refractivity contribution in [2.24, 2.45) is 0 Å². The normalized spacial score (nSPS) is 22.9. The van der Waals surface area contributed by atoms with Crippen molar-refractivity contribution in [2.75, 3.05) is 7.11 Å². The Balaban J connectivity index is 2.10. The summed E-state index contributed by atoms with van der Waals surface area (Å²) in [6, 6.07) is 4.29. The summed E-state index contributed by atoms with van der Waals surface area (Å²) in [5.74, 6) is -1.07. The Morgan fingerprint density at radius 2 is 2.17 bits per heavy atom. The molecule has 1 aliphatic rings. The van der Waals surface area contributed by atoms with Gasteiger partial charge in [0.2, 0.25) is 0 Å². The Morgan fingerprint density at radius 1 is 1.39 bits per heavy atom. The number of carbonyl (C=O) groups is 1. The highest BCUT2D eigenvalue weighted by atomic mass is 16.5. The van der Waals surface area contributed by atoms with Gasteiger partial charge < -0.3 is 20.3 Å². The van der Waals surface area contributed by atoms with E-state index in [4.69, 9.17) is 4.74 Å². The van der Waals surface area contributed by atoms with E-state index in [-0.39, 0.29) is 29.2 Å². The number of aromatic hydroxyl groups is 2. The van der Waals surface area contributed by atoms with Gasteiger partial charge in [0.25, 0.3) is 5.91 Å². The number of ether oxygens (including phenoxy) is 1. The van der Waals surface area contributed by atoms with Crippen LogP contribution in [0.15, 0.2) is 18.2 Å². The van der Waals surface area contributed by atoms with Gasteiger partial charge in [0.1, 0.15) is 0 Å². The van der Waals surface area contributed by atoms with E-state index >= 15 is 0 Å². The summed E-state index contributed by atoms with van der Waals surface area (Å²) in [5.41, 5.74) is 0.0803. The van der Waals surface area contributed by atoms with Crippen LogP contribution in [0.4, 0.5) is 0 Å². The smallest absolute Gasteiger partial charge is 0.255 e. The topological polar surface area (TPSA) is 78.8 Å². The van der Waals surface area contributed by atoms with Gasteiger partial charge in [-0.1, -0.05) is 6.07 Å². The van der Waals surface area contributed by atoms with Gasteiger partial charge in [0.05, 0.1) is 17.7 Å². The van der Waals surface area contributed by atoms with Crippen LogP contribution in [-0.2, 0) is 4.74 Å². The van der Waals surface area contributed by atoms with E-state index in [9.17, 15) is 15.0 Å². The van der Waals surface area contributed by atoms with Gasteiger partial charge >= 0.3 is 0 Å². The zero-order chi connectivity index (χ0) is 13.1. The number of rotatable bonds is 3. The molecule has 2 unspecified atom stereocenters. The van der Waals surface area contributed by atoms with Gasteiger partial charge in [0.15, 0.2) is 11.5 Å². The summed E-state index contributed by atoms with van der Waals surface area (Å²) in [5, 5.41) is 21.8. The van der Waals surface area contributed by atoms with Crippen LogP contribution in [0.2, 0.25) is 0 Å². The third kappa shape index (κ3) is 2.41. The van der Waals surface area contributed by atoms with Crippen LogP contribution in [0, 0.1) is 0 Å². The summed E-state index contributed by atoms with van der Waals surface area (Å²) in [6.45, 7) is 0. The molecule has 0 aliphatic heterocycles. The first-order chi connectivity index (χ1) is 8.63. The van der Waals surface area contributed by atoms with Gasteiger partial charge in [-0.3, -0.25) is 4.79 Å². The van der Waals surface area contributed by atoms with E-state index in [2.05, 4.69) is 5.32 Å². The van der Waals surface area contributed by atoms with E-state index < -0.39 is 5.91 Å². The quantitative estimate of drug-likeness (QED) is 0.709. The second kappa shape index (κ2) is 5.27. The van der Waals surface area contributed by atoms with Crippen LogP contribution >= 0.6 is 0 Å². The summed E-state index contributed by atoms with van der Waals surface area (Å²) in [7, 11) is 1.63. The lowest BCUT2D eigenvalue weighted by Gasteiger charge is -2.19. The predicted molar refractivity (Wildman–Crippen MR) is 65.7 cm³/mol. The lowest BCUT2D eigenvalue weighted by Crippen LogP contribution is -2.40. The largest absolute Gasteiger partial charge is 0.504 e. The molecular formula is C13H17NO4. The average Bonchev–Trinajstić information content (AvgIpc) is 2.79. The van der Waals surface area contributed by atoms with Crippen molar-refractivity contribution < 1.29 is 19.7 Å². The molecular weight excluding hydrogens is 234 g/mol. The number of hydrogen-bond acceptors (Lipinski definition) is 4. The highest BCUT2D eigenvalue weighted by molar-refractivity contribution is 5.97. The molecule has 1 amide bonds. The van der Waals surface area contributed by atoms with Gasteiger partial charge in [-0.05, 0) is 31.4 Å². The fourth-order valence-electron chi connectivity index (χ4n) is 2.33. The first-order valence-electron chi connectivity index (χ1n) is 5.98. The number of nitrogens with one attached hydrogen (secondary N) is 1. The molecule has 3 N–H and O–H groups in total. The fourth-order valence-corrected chi connectivity index (χ4v) is 2.33. The Labute approximate surface area is 105 Å². The zero-order valence-electron chi connectivity index (χ0n) is 10.2. The van der Waals surface area contributed by atoms with Crippen molar-refractivity contribution >= 4 is 5.91 Å². The minimum absolute atomic E-state index is 0.0217. The van der Waals surface area contributed by atoms with E-state index in [0.29, 0.717) is 0 Å². The van der Waals surface area contributed by atoms with Crippen LogP contribution in [0.3, 0.4) is 0 Å². The molecule has 0 heterocycles. The lowest BCUT2D eigenvalue weighted by atomic mass is 10.1. The monoisotopic (exact) mass is 251 g/mol. The molecule has 2 atom stereocenters. The number of phenols is 2. The minimum Gasteiger partial charge on any atom is -0.504 e. The molecule has 1 aromatic carbocycles. The molecule has 0 bridgehead atoms. The van der Waals surface area contributed by atoms with Crippen LogP contribution in [0.25, 0.3) is 0 Å². The predicted octanol–water partition coefficient (Wildman–Crippen LogP) is 1.40. The second-order valence-corrected chi connectivity index (χ2v) is 4.46. The van der Waals surface area contributed by atoms with Crippen molar-refractivity contribution in [3.63, 3.8) is 0 Å². The maximum atomic E-state index is 12.0. The van der Waals surface area contributed by atoms with Crippen LogP contribution < -0.4 is 5.32 Å². The van der Waals surface area contributed by atoms with E-state index in [1.165, 1.54) is 18.2 Å². The van der Waals surface area contributed by atoms with E-state index in [1.807, 2.05) is 0 Å². The Kier molecular flexibility index (Phi) is 3.72. The summed E-state index contributed by atoms with van der Waals surface area (Å²) in [6.07, 6.45) is 2.82. The number of phenolic OH excluding ortho intramolecular Hbond substituents is 2. The highest BCUT2D eigenvalue weighted by Crippen LogP contribution is 2.29. The Hall–Kier alpha value is -1.75. The lowest BCUT2D eigenvalue weighted by molar-refractivity contribution is 0.0720. The van der Waals surface area contributed by atoms with Crippen LogP contribution in [0.5, 0.6) is 11.5 Å². The van der Waals surface area contributed by atoms with Crippen molar-refractivity contribution in [1.29, 1.82) is 0 Å². The maximum absolute atomic E-state index is 12.0. The standard InChI is InChI=1S/C13H17NO4/c1-18-11-7-3-5-9(11)14-13(17)8-4-2-6-10(15)12(8)16/h2,4,6,9,11,15-16H,3,5,7H2,1H3,(H,14,17). The van der Waals surface area contributed by atoms with Gasteiger partial charge in [-0.2, -0.15) is 0 Å². The van der Waals surface area contributed by atoms with Gasteiger partial charge in [-0.15, -0.1) is 0 Å². The molecule has 1 aliphatic carbocycles. The van der Waals surface area contributed by atoms with E-state index in [1.54, 1.807) is 7.11 Å². The summed E-state index contributed by atoms with van der Waals surface area (Å²) < 4.78 is 5.29. The molecule has 0 saturated heterocycles. The minimum atomic E-state index is -0.391. The third-order valence-electron chi connectivity index (χ3n) is 3.33. The van der Waals surface area contributed by atoms with Crippen molar-refractivity contribution in [1.82, 2.24) is 5.32 Å². The first-order valence-corrected chi connectivity index (χ1v) is 5.98. The molecule has 98 valence electrons. The molecule has 0 aromatic heterocycles. The zero-order valence-corrected chi connectivity index (χ0v) is 10.2. The van der Waals surface area contributed by atoms with Crippen LogP contribution in [-0.4, -0.2) is 35.4 Å².